The summed E-state index contributed by atoms with van der Waals surface area (Å²) in [4.78, 5) is 112. The molecule has 2 aromatic carbocycles. The second-order valence-electron chi connectivity index (χ2n) is 20.8. The van der Waals surface area contributed by atoms with Crippen molar-refractivity contribution in [2.24, 2.45) is 22.7 Å². The highest BCUT2D eigenvalue weighted by Crippen LogP contribution is 2.74. The number of carbonyl (C=O) groups excluding carboxylic acids is 8. The maximum atomic E-state index is 15.7. The third-order valence-corrected chi connectivity index (χ3v) is 14.5. The van der Waals surface area contributed by atoms with Gasteiger partial charge in [-0.15, -0.1) is 0 Å². The summed E-state index contributed by atoms with van der Waals surface area (Å²) < 4.78 is 57.7. The van der Waals surface area contributed by atoms with Crippen LogP contribution in [0.25, 0.3) is 0 Å². The Morgan fingerprint density at radius 2 is 1.52 bits per heavy atom. The number of Topliss-reactive ketones (excluding diaryl/α,β-unsaturated/α-hetero) is 1. The summed E-state index contributed by atoms with van der Waals surface area (Å²) >= 11 is 0. The van der Waals surface area contributed by atoms with Crippen molar-refractivity contribution < 1.29 is 90.8 Å². The molecule has 2 N–H and O–H groups in total. The third kappa shape index (κ3) is 10.9. The van der Waals surface area contributed by atoms with Crippen LogP contribution >= 0.6 is 0 Å². The SMILES string of the molecule is CCCOCCOCC(=O)OC(=O)O[C@@H](C(=O)O[C@H]1C[C@@]2(O)[C@@H](OC(=O)c3ccccc3)[C@@H]3[C@]4(OC(C)=O)CO[C@@H]4C[C@@H]4C[C@@]43C(=O)[C@H](OC(C)=O)C(=C1C)C2(C)C)[C@@H](NC(=O)OC(C)(C)C)c1ccccc1. The van der Waals surface area contributed by atoms with Gasteiger partial charge in [0.1, 0.15) is 42.2 Å². The minimum absolute atomic E-state index is 0.00792. The number of ketones is 1. The number of hydrogen-bond acceptors (Lipinski definition) is 19. The molecule has 20 nitrogen and oxygen atoms in total. The van der Waals surface area contributed by atoms with Crippen molar-refractivity contribution in [3.63, 3.8) is 0 Å². The molecule has 1 amide bonds. The molecule has 396 valence electrons. The maximum Gasteiger partial charge on any atom is 0.517 e. The van der Waals surface area contributed by atoms with Crippen LogP contribution in [0.15, 0.2) is 71.8 Å². The molecule has 0 unspecified atom stereocenters. The molecule has 11 atom stereocenters. The highest BCUT2D eigenvalue weighted by Gasteiger charge is 2.84. The van der Waals surface area contributed by atoms with Gasteiger partial charge >= 0.3 is 42.1 Å². The molecule has 3 saturated carbocycles. The number of fused-ring (bicyclic) bond motifs is 4. The van der Waals surface area contributed by atoms with Gasteiger partial charge < -0.3 is 57.8 Å². The van der Waals surface area contributed by atoms with E-state index in [1.165, 1.54) is 38.1 Å². The quantitative estimate of drug-likeness (QED) is 0.0642. The molecule has 2 bridgehead atoms. The third-order valence-electron chi connectivity index (χ3n) is 14.5. The van der Waals surface area contributed by atoms with E-state index in [1.54, 1.807) is 71.0 Å². The number of esters is 5. The van der Waals surface area contributed by atoms with Gasteiger partial charge in [0, 0.05) is 37.7 Å². The number of benzene rings is 2. The highest BCUT2D eigenvalue weighted by atomic mass is 16.8. The Hall–Kier alpha value is -6.22. The van der Waals surface area contributed by atoms with E-state index in [0.29, 0.717) is 6.61 Å². The Balaban J connectivity index is 1.34. The molecule has 73 heavy (non-hydrogen) atoms. The largest absolute Gasteiger partial charge is 0.517 e. The van der Waals surface area contributed by atoms with Crippen LogP contribution in [-0.2, 0) is 71.3 Å². The van der Waals surface area contributed by atoms with Gasteiger partial charge in [0.15, 0.2) is 17.5 Å². The van der Waals surface area contributed by atoms with Crippen LogP contribution in [0.5, 0.6) is 0 Å². The molecule has 4 fully saturated rings. The number of aliphatic hydroxyl groups is 1. The summed E-state index contributed by atoms with van der Waals surface area (Å²) in [7, 11) is 0. The van der Waals surface area contributed by atoms with Gasteiger partial charge in [-0.2, -0.15) is 0 Å². The molecule has 0 aromatic heterocycles. The summed E-state index contributed by atoms with van der Waals surface area (Å²) in [5.41, 5.74) is -7.80. The van der Waals surface area contributed by atoms with Gasteiger partial charge in [0.05, 0.1) is 31.3 Å². The molecule has 1 saturated heterocycles. The van der Waals surface area contributed by atoms with Crippen molar-refractivity contribution >= 4 is 47.9 Å². The zero-order valence-corrected chi connectivity index (χ0v) is 42.6. The topological polar surface area (TPSA) is 261 Å². The van der Waals surface area contributed by atoms with Crippen LogP contribution in [-0.4, -0.2) is 133 Å². The van der Waals surface area contributed by atoms with Crippen LogP contribution in [0.3, 0.4) is 0 Å². The summed E-state index contributed by atoms with van der Waals surface area (Å²) in [6.07, 6.45) is -10.1. The van der Waals surface area contributed by atoms with Crippen LogP contribution in [0.2, 0.25) is 0 Å². The van der Waals surface area contributed by atoms with Crippen LogP contribution in [0.4, 0.5) is 9.59 Å². The number of hydrogen-bond donors (Lipinski definition) is 2. The number of alkyl carbamates (subject to hydrolysis) is 1. The number of amides is 1. The molecule has 2 aromatic rings. The highest BCUT2D eigenvalue weighted by molar-refractivity contribution is 5.98. The van der Waals surface area contributed by atoms with E-state index in [2.05, 4.69) is 5.32 Å². The average Bonchev–Trinajstić information content (AvgIpc) is 4.04. The number of rotatable bonds is 17. The van der Waals surface area contributed by atoms with Crippen molar-refractivity contribution in [1.82, 2.24) is 5.32 Å². The molecular weight excluding hydrogens is 955 g/mol. The van der Waals surface area contributed by atoms with Crippen molar-refractivity contribution in [2.45, 2.75) is 141 Å². The average molecular weight is 1020 g/mol. The Bertz CT molecular complexity index is 2480. The van der Waals surface area contributed by atoms with Crippen molar-refractivity contribution in [2.75, 3.05) is 33.0 Å². The van der Waals surface area contributed by atoms with E-state index in [1.807, 2.05) is 6.92 Å². The minimum Gasteiger partial charge on any atom is -0.455 e. The molecule has 0 radical (unpaired) electrons. The molecule has 4 aliphatic carbocycles. The minimum atomic E-state index is -2.39. The fraction of sp³-hybridized carbons (Fsp3) is 0.585. The molecule has 5 aliphatic rings. The van der Waals surface area contributed by atoms with E-state index in [0.717, 1.165) is 13.3 Å². The summed E-state index contributed by atoms with van der Waals surface area (Å²) in [5, 5.41) is 16.5. The number of ether oxygens (including phenoxy) is 10. The van der Waals surface area contributed by atoms with Crippen molar-refractivity contribution in [3.8, 4) is 0 Å². The molecule has 7 rings (SSSR count). The lowest BCUT2D eigenvalue weighted by Gasteiger charge is -2.64. The monoisotopic (exact) mass is 1020 g/mol. The fourth-order valence-corrected chi connectivity index (χ4v) is 11.3. The summed E-state index contributed by atoms with van der Waals surface area (Å²) in [6, 6.07) is 14.1. The smallest absolute Gasteiger partial charge is 0.455 e. The Labute approximate surface area is 423 Å². The first-order chi connectivity index (χ1) is 34.4. The Morgan fingerprint density at radius 1 is 0.863 bits per heavy atom. The first kappa shape index (κ1) is 54.6. The Kier molecular flexibility index (Phi) is 15.9. The molecule has 1 aliphatic heterocycles. The van der Waals surface area contributed by atoms with E-state index < -0.39 is 137 Å². The van der Waals surface area contributed by atoms with Gasteiger partial charge in [-0.1, -0.05) is 69.3 Å². The van der Waals surface area contributed by atoms with E-state index >= 15 is 9.59 Å². The lowest BCUT2D eigenvalue weighted by molar-refractivity contribution is -0.323. The van der Waals surface area contributed by atoms with Gasteiger partial charge in [-0.25, -0.2) is 24.0 Å². The van der Waals surface area contributed by atoms with Crippen molar-refractivity contribution in [1.29, 1.82) is 0 Å². The second kappa shape index (κ2) is 21.3. The van der Waals surface area contributed by atoms with E-state index in [9.17, 15) is 33.9 Å². The van der Waals surface area contributed by atoms with Crippen LogP contribution in [0.1, 0.15) is 110 Å². The zero-order valence-electron chi connectivity index (χ0n) is 42.6. The molecule has 1 spiro atoms. The standard InChI is InChI=1S/C53H65NO19/c1-10-21-64-22-23-65-27-37(57)69-48(62)70-41(39(32-17-13-11-14-18-32)54-47(61)73-49(5,6)7)46(60)68-35-26-53(63)44(71-45(59)33-19-15-12-16-20-33)42-51(25-34(51)24-36-52(42,28-66-36)72-31(4)56)43(58)40(67-30(3)55)38(29(35)2)50(53,8)9/h11-20,34-36,39-42,44,63H,10,21-28H2,1-9H3,(H,54,61)/t34-,35+,36-,39+,40-,41-,42+,44+,51-,52+,53-/m1/s1. The lowest BCUT2D eigenvalue weighted by atomic mass is 9.48. The first-order valence-corrected chi connectivity index (χ1v) is 24.4. The first-order valence-electron chi connectivity index (χ1n) is 24.4. The number of carbonyl (C=O) groups is 8. The van der Waals surface area contributed by atoms with Gasteiger partial charge in [0.2, 0.25) is 6.10 Å². The maximum absolute atomic E-state index is 15.7. The van der Waals surface area contributed by atoms with Gasteiger partial charge in [-0.3, -0.25) is 14.4 Å². The van der Waals surface area contributed by atoms with E-state index in [-0.39, 0.29) is 54.9 Å². The predicted octanol–water partition coefficient (Wildman–Crippen LogP) is 5.60. The van der Waals surface area contributed by atoms with Crippen LogP contribution < -0.4 is 5.32 Å². The summed E-state index contributed by atoms with van der Waals surface area (Å²) in [5.74, 6) is -7.41. The molecule has 20 heteroatoms. The number of nitrogens with one attached hydrogen (secondary N) is 1. The molecule has 1 heterocycles. The molecular formula is C53H65NO19. The normalized spacial score (nSPS) is 29.3. The van der Waals surface area contributed by atoms with Gasteiger partial charge in [-0.05, 0) is 81.7 Å². The van der Waals surface area contributed by atoms with Gasteiger partial charge in [0.25, 0.3) is 0 Å². The fourth-order valence-electron chi connectivity index (χ4n) is 11.3. The summed E-state index contributed by atoms with van der Waals surface area (Å²) in [6.45, 7) is 13.4. The zero-order chi connectivity index (χ0) is 53.3. The Morgan fingerprint density at radius 3 is 2.12 bits per heavy atom. The van der Waals surface area contributed by atoms with E-state index in [4.69, 9.17) is 47.4 Å². The van der Waals surface area contributed by atoms with Crippen molar-refractivity contribution in [3.05, 3.63) is 82.9 Å². The predicted molar refractivity (Wildman–Crippen MR) is 252 cm³/mol. The second-order valence-corrected chi connectivity index (χ2v) is 20.8. The lowest BCUT2D eigenvalue weighted by Crippen LogP contribution is -2.78. The van der Waals surface area contributed by atoms with Crippen LogP contribution in [0, 0.1) is 22.7 Å².